The van der Waals surface area contributed by atoms with Crippen LogP contribution in [0.15, 0.2) is 23.3 Å². The van der Waals surface area contributed by atoms with E-state index in [1.165, 1.54) is 0 Å². The Balaban J connectivity index is 2.52. The zero-order valence-corrected chi connectivity index (χ0v) is 11.1. The van der Waals surface area contributed by atoms with Crippen molar-refractivity contribution in [2.75, 3.05) is 0 Å². The van der Waals surface area contributed by atoms with E-state index >= 15 is 0 Å². The molecule has 0 aromatic carbocycles. The van der Waals surface area contributed by atoms with Crippen molar-refractivity contribution in [1.82, 2.24) is 0 Å². The molecule has 1 rings (SSSR count). The van der Waals surface area contributed by atoms with Crippen molar-refractivity contribution in [3.63, 3.8) is 0 Å². The van der Waals surface area contributed by atoms with Crippen molar-refractivity contribution >= 4 is 11.8 Å². The number of hydrogen-bond donors (Lipinski definition) is 2. The number of carbonyl (C=O) groups is 2. The molecule has 4 heteroatoms. The van der Waals surface area contributed by atoms with Gasteiger partial charge in [0.25, 0.3) is 0 Å². The van der Waals surface area contributed by atoms with Gasteiger partial charge in [-0.1, -0.05) is 12.2 Å². The Kier molecular flexibility index (Phi) is 5.13. The molecular weight excluding hydrogens is 228 g/mol. The first kappa shape index (κ1) is 14.5. The van der Waals surface area contributed by atoms with Crippen LogP contribution >= 0.6 is 0 Å². The van der Waals surface area contributed by atoms with E-state index in [4.69, 9.17) is 11.5 Å². The summed E-state index contributed by atoms with van der Waals surface area (Å²) in [7, 11) is 0. The molecule has 1 saturated carbocycles. The zero-order chi connectivity index (χ0) is 13.7. The molecule has 0 spiro atoms. The van der Waals surface area contributed by atoms with E-state index in [1.807, 2.05) is 12.2 Å². The average molecular weight is 250 g/mol. The Labute approximate surface area is 108 Å². The quantitative estimate of drug-likeness (QED) is 0.743. The van der Waals surface area contributed by atoms with Crippen LogP contribution < -0.4 is 11.5 Å². The summed E-state index contributed by atoms with van der Waals surface area (Å²) in [5.41, 5.74) is 11.7. The van der Waals surface area contributed by atoms with E-state index in [1.54, 1.807) is 13.8 Å². The summed E-state index contributed by atoms with van der Waals surface area (Å²) in [6.45, 7) is 3.51. The highest BCUT2D eigenvalue weighted by molar-refractivity contribution is 5.91. The van der Waals surface area contributed by atoms with Gasteiger partial charge in [0, 0.05) is 11.1 Å². The van der Waals surface area contributed by atoms with Gasteiger partial charge in [-0.2, -0.15) is 0 Å². The molecule has 0 aromatic heterocycles. The van der Waals surface area contributed by atoms with Gasteiger partial charge in [-0.25, -0.2) is 0 Å². The van der Waals surface area contributed by atoms with Crippen molar-refractivity contribution in [2.24, 2.45) is 23.3 Å². The lowest BCUT2D eigenvalue weighted by molar-refractivity contribution is -0.115. The van der Waals surface area contributed by atoms with E-state index in [9.17, 15) is 9.59 Å². The fourth-order valence-corrected chi connectivity index (χ4v) is 2.35. The van der Waals surface area contributed by atoms with Gasteiger partial charge in [0.05, 0.1) is 0 Å². The molecule has 0 saturated heterocycles. The van der Waals surface area contributed by atoms with E-state index in [0.717, 1.165) is 25.7 Å². The SMILES string of the molecule is CC(=CC1CCC(C=C(C)C(N)=O)CC1)C(N)=O. The van der Waals surface area contributed by atoms with Crippen molar-refractivity contribution in [3.05, 3.63) is 23.3 Å². The number of primary amides is 2. The molecule has 100 valence electrons. The van der Waals surface area contributed by atoms with Crippen LogP contribution in [0.5, 0.6) is 0 Å². The Morgan fingerprint density at radius 2 is 1.11 bits per heavy atom. The monoisotopic (exact) mass is 250 g/mol. The molecule has 1 aliphatic rings. The van der Waals surface area contributed by atoms with Crippen LogP contribution in [0.3, 0.4) is 0 Å². The minimum absolute atomic E-state index is 0.346. The third-order valence-corrected chi connectivity index (χ3v) is 3.57. The zero-order valence-electron chi connectivity index (χ0n) is 11.1. The first-order valence-electron chi connectivity index (χ1n) is 6.36. The van der Waals surface area contributed by atoms with Crippen LogP contribution in [0.1, 0.15) is 39.5 Å². The van der Waals surface area contributed by atoms with E-state index < -0.39 is 0 Å². The Bertz CT molecular complexity index is 351. The molecule has 0 atom stereocenters. The number of nitrogens with two attached hydrogens (primary N) is 2. The van der Waals surface area contributed by atoms with E-state index in [0.29, 0.717) is 23.0 Å². The first-order chi connectivity index (χ1) is 8.40. The van der Waals surface area contributed by atoms with Gasteiger partial charge in [-0.15, -0.1) is 0 Å². The summed E-state index contributed by atoms with van der Waals surface area (Å²) in [6.07, 6.45) is 8.05. The molecule has 0 heterocycles. The average Bonchev–Trinajstić information content (AvgIpc) is 2.31. The van der Waals surface area contributed by atoms with Crippen LogP contribution in [0.25, 0.3) is 0 Å². The molecule has 0 unspecified atom stereocenters. The Morgan fingerprint density at radius 1 is 0.833 bits per heavy atom. The van der Waals surface area contributed by atoms with Crippen molar-refractivity contribution in [3.8, 4) is 0 Å². The molecule has 0 bridgehead atoms. The fourth-order valence-electron chi connectivity index (χ4n) is 2.35. The van der Waals surface area contributed by atoms with Crippen LogP contribution in [-0.4, -0.2) is 11.8 Å². The second-order valence-electron chi connectivity index (χ2n) is 5.10. The van der Waals surface area contributed by atoms with Gasteiger partial charge in [-0.05, 0) is 51.4 Å². The third-order valence-electron chi connectivity index (χ3n) is 3.57. The summed E-state index contributed by atoms with van der Waals surface area (Å²) < 4.78 is 0. The molecule has 1 fully saturated rings. The summed E-state index contributed by atoms with van der Waals surface area (Å²) in [5.74, 6) is 0.162. The van der Waals surface area contributed by atoms with Gasteiger partial charge in [0.15, 0.2) is 0 Å². The molecule has 2 amide bonds. The van der Waals surface area contributed by atoms with Gasteiger partial charge in [0.2, 0.25) is 11.8 Å². The van der Waals surface area contributed by atoms with Crippen molar-refractivity contribution in [2.45, 2.75) is 39.5 Å². The molecule has 1 aliphatic carbocycles. The summed E-state index contributed by atoms with van der Waals surface area (Å²) >= 11 is 0. The largest absolute Gasteiger partial charge is 0.366 e. The highest BCUT2D eigenvalue weighted by atomic mass is 16.1. The highest BCUT2D eigenvalue weighted by Crippen LogP contribution is 2.31. The first-order valence-corrected chi connectivity index (χ1v) is 6.36. The maximum Gasteiger partial charge on any atom is 0.244 e. The second-order valence-corrected chi connectivity index (χ2v) is 5.10. The molecule has 18 heavy (non-hydrogen) atoms. The van der Waals surface area contributed by atoms with Gasteiger partial charge in [0.1, 0.15) is 0 Å². The topological polar surface area (TPSA) is 86.2 Å². The lowest BCUT2D eigenvalue weighted by atomic mass is 9.80. The highest BCUT2D eigenvalue weighted by Gasteiger charge is 2.19. The second kappa shape index (κ2) is 6.38. The number of allylic oxidation sites excluding steroid dienone is 2. The number of carbonyl (C=O) groups excluding carboxylic acids is 2. The van der Waals surface area contributed by atoms with Gasteiger partial charge < -0.3 is 11.5 Å². The Morgan fingerprint density at radius 3 is 1.33 bits per heavy atom. The maximum absolute atomic E-state index is 11.0. The van der Waals surface area contributed by atoms with Gasteiger partial charge >= 0.3 is 0 Å². The number of hydrogen-bond acceptors (Lipinski definition) is 2. The van der Waals surface area contributed by atoms with Crippen LogP contribution in [0, 0.1) is 11.8 Å². The molecule has 4 N–H and O–H groups in total. The molecule has 0 radical (unpaired) electrons. The summed E-state index contributed by atoms with van der Waals surface area (Å²) in [6, 6.07) is 0. The number of rotatable bonds is 4. The summed E-state index contributed by atoms with van der Waals surface area (Å²) in [4.78, 5) is 21.9. The van der Waals surface area contributed by atoms with Crippen LogP contribution in [0.4, 0.5) is 0 Å². The summed E-state index contributed by atoms with van der Waals surface area (Å²) in [5, 5.41) is 0. The smallest absolute Gasteiger partial charge is 0.244 e. The predicted molar refractivity (Wildman–Crippen MR) is 71.4 cm³/mol. The molecule has 0 aliphatic heterocycles. The van der Waals surface area contributed by atoms with Crippen LogP contribution in [0.2, 0.25) is 0 Å². The third kappa shape index (κ3) is 4.35. The predicted octanol–water partition coefficient (Wildman–Crippen LogP) is 1.66. The minimum Gasteiger partial charge on any atom is -0.366 e. The molecule has 4 nitrogen and oxygen atoms in total. The lowest BCUT2D eigenvalue weighted by Gasteiger charge is -2.25. The van der Waals surface area contributed by atoms with Crippen LogP contribution in [-0.2, 0) is 9.59 Å². The molecular formula is C14H22N2O2. The van der Waals surface area contributed by atoms with E-state index in [-0.39, 0.29) is 11.8 Å². The lowest BCUT2D eigenvalue weighted by Crippen LogP contribution is -2.17. The standard InChI is InChI=1S/C14H22N2O2/c1-9(13(15)17)7-11-3-5-12(6-4-11)8-10(2)14(16)18/h7-8,11-12H,3-6H2,1-2H3,(H2,15,17)(H2,16,18). The van der Waals surface area contributed by atoms with Crippen molar-refractivity contribution < 1.29 is 9.59 Å². The molecule has 0 aromatic rings. The van der Waals surface area contributed by atoms with Crippen molar-refractivity contribution in [1.29, 1.82) is 0 Å². The number of amides is 2. The minimum atomic E-state index is -0.346. The maximum atomic E-state index is 11.0. The normalized spacial score (nSPS) is 25.9. The fraction of sp³-hybridized carbons (Fsp3) is 0.571. The Hall–Kier alpha value is -1.58. The van der Waals surface area contributed by atoms with E-state index in [2.05, 4.69) is 0 Å². The van der Waals surface area contributed by atoms with Gasteiger partial charge in [-0.3, -0.25) is 9.59 Å².